The molecule has 0 spiro atoms. The highest BCUT2D eigenvalue weighted by Crippen LogP contribution is 2.24. The highest BCUT2D eigenvalue weighted by molar-refractivity contribution is 6.10. The van der Waals surface area contributed by atoms with Crippen molar-refractivity contribution in [2.45, 2.75) is 32.2 Å². The maximum Gasteiger partial charge on any atom is 0.261 e. The molecule has 2 heterocycles. The van der Waals surface area contributed by atoms with Crippen molar-refractivity contribution in [3.63, 3.8) is 0 Å². The van der Waals surface area contributed by atoms with E-state index in [0.717, 1.165) is 54.5 Å². The van der Waals surface area contributed by atoms with Crippen molar-refractivity contribution in [3.8, 4) is 0 Å². The van der Waals surface area contributed by atoms with Crippen molar-refractivity contribution in [2.24, 2.45) is 0 Å². The molecule has 1 aliphatic rings. The fraction of sp³-hybridized carbons (Fsp3) is 0.208. The van der Waals surface area contributed by atoms with Gasteiger partial charge in [0.1, 0.15) is 5.82 Å². The molecule has 1 amide bonds. The summed E-state index contributed by atoms with van der Waals surface area (Å²) in [6.45, 7) is 0.723. The van der Waals surface area contributed by atoms with Crippen LogP contribution in [0.15, 0.2) is 65.5 Å². The normalized spacial score (nSPS) is 13.8. The Morgan fingerprint density at radius 1 is 0.931 bits per heavy atom. The van der Waals surface area contributed by atoms with Crippen LogP contribution in [0.4, 0.5) is 5.69 Å². The molecule has 4 aromatic rings. The standard InChI is InChI=1S/C24H21N3O2/c28-23(26-20-10-6-8-16-7-3-4-9-18(16)20)17-12-13-19-21(15-17)25-22-11-2-1-5-14-27(22)24(19)29/h3-4,6-10,12-13,15H,1-2,5,11,14H2,(H,26,28). The van der Waals surface area contributed by atoms with Crippen LogP contribution in [0.1, 0.15) is 35.4 Å². The van der Waals surface area contributed by atoms with Crippen LogP contribution in [0.2, 0.25) is 0 Å². The number of nitrogens with one attached hydrogen (secondary N) is 1. The molecule has 144 valence electrons. The lowest BCUT2D eigenvalue weighted by Crippen LogP contribution is -2.24. The van der Waals surface area contributed by atoms with Gasteiger partial charge >= 0.3 is 0 Å². The molecule has 1 N–H and O–H groups in total. The van der Waals surface area contributed by atoms with Gasteiger partial charge in [-0.15, -0.1) is 0 Å². The molecule has 0 unspecified atom stereocenters. The molecule has 0 atom stereocenters. The first kappa shape index (κ1) is 17.6. The van der Waals surface area contributed by atoms with E-state index in [1.54, 1.807) is 22.8 Å². The van der Waals surface area contributed by atoms with Crippen molar-refractivity contribution in [1.82, 2.24) is 9.55 Å². The largest absolute Gasteiger partial charge is 0.321 e. The van der Waals surface area contributed by atoms with Gasteiger partial charge in [-0.3, -0.25) is 14.2 Å². The minimum Gasteiger partial charge on any atom is -0.321 e. The van der Waals surface area contributed by atoms with E-state index >= 15 is 0 Å². The number of aryl methyl sites for hydroxylation is 1. The van der Waals surface area contributed by atoms with Gasteiger partial charge in [-0.05, 0) is 42.5 Å². The van der Waals surface area contributed by atoms with E-state index in [2.05, 4.69) is 5.32 Å². The van der Waals surface area contributed by atoms with Crippen LogP contribution in [0.25, 0.3) is 21.7 Å². The molecule has 0 saturated heterocycles. The summed E-state index contributed by atoms with van der Waals surface area (Å²) in [4.78, 5) is 30.5. The van der Waals surface area contributed by atoms with Crippen LogP contribution < -0.4 is 10.9 Å². The summed E-state index contributed by atoms with van der Waals surface area (Å²) in [6.07, 6.45) is 3.96. The third-order valence-electron chi connectivity index (χ3n) is 5.62. The minimum absolute atomic E-state index is 0.00656. The summed E-state index contributed by atoms with van der Waals surface area (Å²) in [5.41, 5.74) is 1.85. The average Bonchev–Trinajstić information content (AvgIpc) is 2.99. The summed E-state index contributed by atoms with van der Waals surface area (Å²) >= 11 is 0. The smallest absolute Gasteiger partial charge is 0.261 e. The van der Waals surface area contributed by atoms with Gasteiger partial charge in [-0.2, -0.15) is 0 Å². The summed E-state index contributed by atoms with van der Waals surface area (Å²) < 4.78 is 1.80. The summed E-state index contributed by atoms with van der Waals surface area (Å²) in [5.74, 6) is 0.617. The first-order valence-electron chi connectivity index (χ1n) is 10.0. The van der Waals surface area contributed by atoms with Crippen molar-refractivity contribution in [3.05, 3.63) is 82.4 Å². The van der Waals surface area contributed by atoms with E-state index in [9.17, 15) is 9.59 Å². The lowest BCUT2D eigenvalue weighted by Gasteiger charge is -2.12. The molecule has 0 saturated carbocycles. The quantitative estimate of drug-likeness (QED) is 0.553. The van der Waals surface area contributed by atoms with Gasteiger partial charge in [0.2, 0.25) is 0 Å². The van der Waals surface area contributed by atoms with Crippen molar-refractivity contribution in [1.29, 1.82) is 0 Å². The van der Waals surface area contributed by atoms with E-state index < -0.39 is 0 Å². The number of amides is 1. The monoisotopic (exact) mass is 383 g/mol. The molecule has 0 radical (unpaired) electrons. The van der Waals surface area contributed by atoms with Gasteiger partial charge in [0.25, 0.3) is 11.5 Å². The second-order valence-electron chi connectivity index (χ2n) is 7.51. The second kappa shape index (κ2) is 7.17. The number of benzene rings is 3. The van der Waals surface area contributed by atoms with Crippen molar-refractivity contribution in [2.75, 3.05) is 5.32 Å². The highest BCUT2D eigenvalue weighted by Gasteiger charge is 2.15. The van der Waals surface area contributed by atoms with Crippen molar-refractivity contribution < 1.29 is 4.79 Å². The highest BCUT2D eigenvalue weighted by atomic mass is 16.1. The molecule has 0 aliphatic carbocycles. The predicted molar refractivity (Wildman–Crippen MR) is 115 cm³/mol. The number of nitrogens with zero attached hydrogens (tertiary/aromatic N) is 2. The molecule has 0 bridgehead atoms. The Labute approximate surface area is 168 Å². The third kappa shape index (κ3) is 3.18. The zero-order valence-electron chi connectivity index (χ0n) is 16.0. The summed E-state index contributed by atoms with van der Waals surface area (Å²) in [6, 6.07) is 18.9. The van der Waals surface area contributed by atoms with Gasteiger partial charge < -0.3 is 5.32 Å². The fourth-order valence-corrected chi connectivity index (χ4v) is 4.09. The predicted octanol–water partition coefficient (Wildman–Crippen LogP) is 4.53. The molecular formula is C24H21N3O2. The lowest BCUT2D eigenvalue weighted by atomic mass is 10.1. The second-order valence-corrected chi connectivity index (χ2v) is 7.51. The maximum atomic E-state index is 12.9. The van der Waals surface area contributed by atoms with E-state index in [-0.39, 0.29) is 11.5 Å². The minimum atomic E-state index is -0.208. The zero-order valence-corrected chi connectivity index (χ0v) is 16.0. The Hall–Kier alpha value is -3.47. The first-order chi connectivity index (χ1) is 14.2. The van der Waals surface area contributed by atoms with Crippen LogP contribution in [-0.2, 0) is 13.0 Å². The van der Waals surface area contributed by atoms with E-state index in [1.807, 2.05) is 42.5 Å². The Morgan fingerprint density at radius 3 is 2.72 bits per heavy atom. The molecular weight excluding hydrogens is 362 g/mol. The van der Waals surface area contributed by atoms with Gasteiger partial charge in [-0.1, -0.05) is 42.8 Å². The van der Waals surface area contributed by atoms with Crippen LogP contribution in [0, 0.1) is 0 Å². The van der Waals surface area contributed by atoms with Gasteiger partial charge in [0.15, 0.2) is 0 Å². The third-order valence-corrected chi connectivity index (χ3v) is 5.62. The number of carbonyl (C=O) groups is 1. The number of hydrogen-bond donors (Lipinski definition) is 1. The van der Waals surface area contributed by atoms with E-state index in [0.29, 0.717) is 16.5 Å². The molecule has 5 rings (SSSR count). The molecule has 1 aromatic heterocycles. The molecule has 1 aliphatic heterocycles. The van der Waals surface area contributed by atoms with Crippen LogP contribution in [-0.4, -0.2) is 15.5 Å². The van der Waals surface area contributed by atoms with Crippen LogP contribution >= 0.6 is 0 Å². The number of aromatic nitrogens is 2. The van der Waals surface area contributed by atoms with Crippen molar-refractivity contribution >= 4 is 33.3 Å². The Kier molecular flexibility index (Phi) is 4.35. The molecule has 5 heteroatoms. The van der Waals surface area contributed by atoms with E-state index in [1.165, 1.54) is 0 Å². The Morgan fingerprint density at radius 2 is 1.79 bits per heavy atom. The molecule has 3 aromatic carbocycles. The number of anilines is 1. The van der Waals surface area contributed by atoms with E-state index in [4.69, 9.17) is 4.98 Å². The Bertz CT molecular complexity index is 1300. The number of hydrogen-bond acceptors (Lipinski definition) is 3. The fourth-order valence-electron chi connectivity index (χ4n) is 4.09. The van der Waals surface area contributed by atoms with Crippen LogP contribution in [0.5, 0.6) is 0 Å². The lowest BCUT2D eigenvalue weighted by molar-refractivity contribution is 0.102. The average molecular weight is 383 g/mol. The maximum absolute atomic E-state index is 12.9. The SMILES string of the molecule is O=C(Nc1cccc2ccccc12)c1ccc2c(=O)n3c(nc2c1)CCCCC3. The number of carbonyl (C=O) groups excluding carboxylic acids is 1. The van der Waals surface area contributed by atoms with Gasteiger partial charge in [0, 0.05) is 29.6 Å². The zero-order chi connectivity index (χ0) is 19.8. The molecule has 0 fully saturated rings. The molecule has 29 heavy (non-hydrogen) atoms. The van der Waals surface area contributed by atoms with Gasteiger partial charge in [-0.25, -0.2) is 4.98 Å². The number of fused-ring (bicyclic) bond motifs is 3. The first-order valence-corrected chi connectivity index (χ1v) is 10.0. The van der Waals surface area contributed by atoms with Crippen LogP contribution in [0.3, 0.4) is 0 Å². The number of rotatable bonds is 2. The summed E-state index contributed by atoms with van der Waals surface area (Å²) in [7, 11) is 0. The van der Waals surface area contributed by atoms with Gasteiger partial charge in [0.05, 0.1) is 10.9 Å². The topological polar surface area (TPSA) is 64.0 Å². The summed E-state index contributed by atoms with van der Waals surface area (Å²) in [5, 5.41) is 5.63. The Balaban J connectivity index is 1.53. The molecule has 5 nitrogen and oxygen atoms in total.